The Morgan fingerprint density at radius 2 is 1.88 bits per heavy atom. The second-order valence-electron chi connectivity index (χ2n) is 3.26. The highest BCUT2D eigenvalue weighted by Crippen LogP contribution is 2.16. The minimum atomic E-state index is -0.333. The van der Waals surface area contributed by atoms with Crippen LogP contribution in [0, 0.1) is 5.82 Å². The molecule has 1 nitrogen and oxygen atoms in total. The number of para-hydroxylation sites is 1. The van der Waals surface area contributed by atoms with Crippen LogP contribution >= 0.6 is 11.6 Å². The highest BCUT2D eigenvalue weighted by molar-refractivity contribution is 6.30. The third-order valence-electron chi connectivity index (χ3n) is 2.05. The summed E-state index contributed by atoms with van der Waals surface area (Å²) in [4.78, 5) is 4.06. The molecule has 0 heterocycles. The summed E-state index contributed by atoms with van der Waals surface area (Å²) in [6.45, 7) is 0. The molecule has 0 amide bonds. The van der Waals surface area contributed by atoms with Crippen LogP contribution in [0.3, 0.4) is 0 Å². The van der Waals surface area contributed by atoms with Gasteiger partial charge in [-0.1, -0.05) is 35.9 Å². The fourth-order valence-electron chi connectivity index (χ4n) is 1.29. The van der Waals surface area contributed by atoms with E-state index in [4.69, 9.17) is 11.6 Å². The summed E-state index contributed by atoms with van der Waals surface area (Å²) in [7, 11) is 0. The predicted octanol–water partition coefficient (Wildman–Crippen LogP) is 4.23. The zero-order valence-corrected chi connectivity index (χ0v) is 9.16. The van der Waals surface area contributed by atoms with Crippen molar-refractivity contribution in [3.8, 4) is 0 Å². The van der Waals surface area contributed by atoms with E-state index in [0.717, 1.165) is 5.56 Å². The normalized spacial score (nSPS) is 10.9. The molecule has 0 bridgehead atoms. The molecule has 0 saturated carbocycles. The lowest BCUT2D eigenvalue weighted by molar-refractivity contribution is 0.630. The number of aliphatic imine (C=N–C) groups is 1. The van der Waals surface area contributed by atoms with Crippen molar-refractivity contribution in [1.29, 1.82) is 0 Å². The Morgan fingerprint density at radius 1 is 1.06 bits per heavy atom. The van der Waals surface area contributed by atoms with Crippen LogP contribution in [0.2, 0.25) is 5.02 Å². The summed E-state index contributed by atoms with van der Waals surface area (Å²) in [6, 6.07) is 13.6. The third kappa shape index (κ3) is 2.67. The molecule has 0 spiro atoms. The van der Waals surface area contributed by atoms with E-state index in [9.17, 15) is 4.39 Å². The second-order valence-corrected chi connectivity index (χ2v) is 3.70. The molecule has 0 atom stereocenters. The number of hydrogen-bond donors (Lipinski definition) is 0. The molecule has 0 radical (unpaired) electrons. The molecule has 80 valence electrons. The molecule has 0 aliphatic rings. The molecule has 3 heteroatoms. The van der Waals surface area contributed by atoms with Crippen LogP contribution in [-0.2, 0) is 0 Å². The summed E-state index contributed by atoms with van der Waals surface area (Å²) >= 11 is 5.82. The standard InChI is InChI=1S/C13H9ClFN/c14-11-5-3-4-10(8-11)9-16-13-7-2-1-6-12(13)15/h1-9H. The Morgan fingerprint density at radius 3 is 2.62 bits per heavy atom. The van der Waals surface area contributed by atoms with Gasteiger partial charge in [0.1, 0.15) is 5.82 Å². The third-order valence-corrected chi connectivity index (χ3v) is 2.29. The van der Waals surface area contributed by atoms with Crippen molar-refractivity contribution in [2.75, 3.05) is 0 Å². The lowest BCUT2D eigenvalue weighted by Gasteiger charge is -1.96. The molecule has 0 N–H and O–H groups in total. The summed E-state index contributed by atoms with van der Waals surface area (Å²) in [5.41, 5.74) is 1.17. The van der Waals surface area contributed by atoms with E-state index in [1.165, 1.54) is 6.07 Å². The summed E-state index contributed by atoms with van der Waals surface area (Å²) in [5.74, 6) is -0.333. The van der Waals surface area contributed by atoms with Gasteiger partial charge in [-0.3, -0.25) is 4.99 Å². The minimum Gasteiger partial charge on any atom is -0.253 e. The Hall–Kier alpha value is -1.67. The van der Waals surface area contributed by atoms with Crippen LogP contribution in [0.25, 0.3) is 0 Å². The maximum Gasteiger partial charge on any atom is 0.148 e. The van der Waals surface area contributed by atoms with Gasteiger partial charge in [0.2, 0.25) is 0 Å². The summed E-state index contributed by atoms with van der Waals surface area (Å²) in [5, 5.41) is 0.637. The fourth-order valence-corrected chi connectivity index (χ4v) is 1.49. The molecule has 2 aromatic carbocycles. The monoisotopic (exact) mass is 233 g/mol. The molecular weight excluding hydrogens is 225 g/mol. The van der Waals surface area contributed by atoms with Gasteiger partial charge < -0.3 is 0 Å². The fraction of sp³-hybridized carbons (Fsp3) is 0. The van der Waals surface area contributed by atoms with Crippen molar-refractivity contribution < 1.29 is 4.39 Å². The van der Waals surface area contributed by atoms with E-state index in [0.29, 0.717) is 10.7 Å². The number of nitrogens with zero attached hydrogens (tertiary/aromatic N) is 1. The molecule has 0 saturated heterocycles. The van der Waals surface area contributed by atoms with Gasteiger partial charge in [0, 0.05) is 11.2 Å². The van der Waals surface area contributed by atoms with E-state index in [1.54, 1.807) is 36.5 Å². The topological polar surface area (TPSA) is 12.4 Å². The number of rotatable bonds is 2. The Kier molecular flexibility index (Phi) is 3.32. The van der Waals surface area contributed by atoms with Gasteiger partial charge in [-0.25, -0.2) is 4.39 Å². The molecule has 0 unspecified atom stereocenters. The van der Waals surface area contributed by atoms with Crippen LogP contribution in [-0.4, -0.2) is 6.21 Å². The highest BCUT2D eigenvalue weighted by Gasteiger charge is 1.96. The van der Waals surface area contributed by atoms with Crippen LogP contribution < -0.4 is 0 Å². The van der Waals surface area contributed by atoms with E-state index in [-0.39, 0.29) is 5.82 Å². The Labute approximate surface area is 98.2 Å². The van der Waals surface area contributed by atoms with Crippen LogP contribution in [0.15, 0.2) is 53.5 Å². The number of hydrogen-bond acceptors (Lipinski definition) is 1. The summed E-state index contributed by atoms with van der Waals surface area (Å²) < 4.78 is 13.2. The van der Waals surface area contributed by atoms with Crippen LogP contribution in [0.1, 0.15) is 5.56 Å². The van der Waals surface area contributed by atoms with Gasteiger partial charge in [-0.2, -0.15) is 0 Å². The predicted molar refractivity (Wildman–Crippen MR) is 65.1 cm³/mol. The largest absolute Gasteiger partial charge is 0.253 e. The molecular formula is C13H9ClFN. The SMILES string of the molecule is Fc1ccccc1N=Cc1cccc(Cl)c1. The molecule has 0 fully saturated rings. The van der Waals surface area contributed by atoms with Crippen molar-refractivity contribution in [3.63, 3.8) is 0 Å². The zero-order valence-electron chi connectivity index (χ0n) is 8.40. The van der Waals surface area contributed by atoms with Crippen molar-refractivity contribution in [1.82, 2.24) is 0 Å². The van der Waals surface area contributed by atoms with Crippen LogP contribution in [0.5, 0.6) is 0 Å². The van der Waals surface area contributed by atoms with Gasteiger partial charge in [0.15, 0.2) is 0 Å². The number of halogens is 2. The first-order valence-electron chi connectivity index (χ1n) is 4.80. The average Bonchev–Trinajstić information content (AvgIpc) is 2.28. The lowest BCUT2D eigenvalue weighted by atomic mass is 10.2. The minimum absolute atomic E-state index is 0.322. The van der Waals surface area contributed by atoms with E-state index >= 15 is 0 Å². The van der Waals surface area contributed by atoms with Crippen molar-refractivity contribution >= 4 is 23.5 Å². The molecule has 0 aliphatic heterocycles. The molecule has 2 aromatic rings. The van der Waals surface area contributed by atoms with Crippen molar-refractivity contribution in [2.24, 2.45) is 4.99 Å². The lowest BCUT2D eigenvalue weighted by Crippen LogP contribution is -1.81. The first kappa shape index (κ1) is 10.8. The zero-order chi connectivity index (χ0) is 11.4. The van der Waals surface area contributed by atoms with E-state index in [1.807, 2.05) is 12.1 Å². The Balaban J connectivity index is 2.25. The maximum atomic E-state index is 13.2. The quantitative estimate of drug-likeness (QED) is 0.689. The van der Waals surface area contributed by atoms with E-state index in [2.05, 4.69) is 4.99 Å². The smallest absolute Gasteiger partial charge is 0.148 e. The first-order chi connectivity index (χ1) is 7.75. The molecule has 0 aliphatic carbocycles. The number of benzene rings is 2. The highest BCUT2D eigenvalue weighted by atomic mass is 35.5. The van der Waals surface area contributed by atoms with Gasteiger partial charge >= 0.3 is 0 Å². The van der Waals surface area contributed by atoms with Gasteiger partial charge in [0.05, 0.1) is 5.69 Å². The van der Waals surface area contributed by atoms with Gasteiger partial charge in [-0.05, 0) is 29.8 Å². The maximum absolute atomic E-state index is 13.2. The van der Waals surface area contributed by atoms with E-state index < -0.39 is 0 Å². The second kappa shape index (κ2) is 4.90. The molecule has 16 heavy (non-hydrogen) atoms. The molecule has 2 rings (SSSR count). The van der Waals surface area contributed by atoms with Crippen molar-refractivity contribution in [3.05, 3.63) is 64.9 Å². The summed E-state index contributed by atoms with van der Waals surface area (Å²) in [6.07, 6.45) is 1.59. The van der Waals surface area contributed by atoms with Gasteiger partial charge in [0.25, 0.3) is 0 Å². The first-order valence-corrected chi connectivity index (χ1v) is 5.18. The van der Waals surface area contributed by atoms with Crippen LogP contribution in [0.4, 0.5) is 10.1 Å². The molecule has 0 aromatic heterocycles. The van der Waals surface area contributed by atoms with Gasteiger partial charge in [-0.15, -0.1) is 0 Å². The van der Waals surface area contributed by atoms with Crippen molar-refractivity contribution in [2.45, 2.75) is 0 Å². The Bertz CT molecular complexity index is 523. The average molecular weight is 234 g/mol.